The zero-order valence-electron chi connectivity index (χ0n) is 14.4. The van der Waals surface area contributed by atoms with Crippen molar-refractivity contribution in [3.63, 3.8) is 0 Å². The van der Waals surface area contributed by atoms with E-state index >= 15 is 0 Å². The Morgan fingerprint density at radius 1 is 1.18 bits per heavy atom. The van der Waals surface area contributed by atoms with E-state index in [0.29, 0.717) is 6.10 Å². The predicted octanol–water partition coefficient (Wildman–Crippen LogP) is 3.91. The molecule has 0 unspecified atom stereocenters. The largest absolute Gasteiger partial charge is 0.387 e. The lowest BCUT2D eigenvalue weighted by atomic mass is 9.80. The first-order chi connectivity index (χ1) is 10.3. The number of allylic oxidation sites excluding steroid dienone is 3. The molecule has 1 N–H and O–H groups in total. The highest BCUT2D eigenvalue weighted by atomic mass is 16.6. The second-order valence-corrected chi connectivity index (χ2v) is 8.01. The lowest BCUT2D eigenvalue weighted by molar-refractivity contribution is -0.0129. The molecule has 0 aromatic heterocycles. The van der Waals surface area contributed by atoms with Gasteiger partial charge in [-0.2, -0.15) is 0 Å². The maximum Gasteiger partial charge on any atom is 0.127 e. The van der Waals surface area contributed by atoms with Gasteiger partial charge in [-0.3, -0.25) is 0 Å². The lowest BCUT2D eigenvalue weighted by Crippen LogP contribution is -2.42. The van der Waals surface area contributed by atoms with Crippen molar-refractivity contribution >= 4 is 0 Å². The molecule has 124 valence electrons. The summed E-state index contributed by atoms with van der Waals surface area (Å²) in [5, 5.41) is 10.6. The molecule has 0 radical (unpaired) electrons. The lowest BCUT2D eigenvalue weighted by Gasteiger charge is -2.27. The second kappa shape index (κ2) is 5.47. The van der Waals surface area contributed by atoms with Gasteiger partial charge in [-0.1, -0.05) is 23.8 Å². The maximum atomic E-state index is 10.6. The van der Waals surface area contributed by atoms with Crippen LogP contribution < -0.4 is 0 Å². The molecule has 0 saturated carbocycles. The minimum absolute atomic E-state index is 0.0224. The molecule has 2 fully saturated rings. The van der Waals surface area contributed by atoms with Crippen molar-refractivity contribution in [1.82, 2.24) is 0 Å². The van der Waals surface area contributed by atoms with Gasteiger partial charge in [0.05, 0.1) is 17.3 Å². The van der Waals surface area contributed by atoms with E-state index in [1.165, 1.54) is 5.57 Å². The molecule has 0 bridgehead atoms. The molecule has 0 amide bonds. The van der Waals surface area contributed by atoms with Crippen molar-refractivity contribution in [3.05, 3.63) is 23.8 Å². The number of hydrogen-bond donors (Lipinski definition) is 1. The Morgan fingerprint density at radius 2 is 1.91 bits per heavy atom. The molecular formula is C19H30O3. The van der Waals surface area contributed by atoms with Crippen molar-refractivity contribution in [2.24, 2.45) is 0 Å². The summed E-state index contributed by atoms with van der Waals surface area (Å²) >= 11 is 0. The highest BCUT2D eigenvalue weighted by Crippen LogP contribution is 2.53. The van der Waals surface area contributed by atoms with Crippen LogP contribution in [-0.4, -0.2) is 34.1 Å². The molecule has 2 heterocycles. The van der Waals surface area contributed by atoms with Crippen molar-refractivity contribution in [1.29, 1.82) is 0 Å². The van der Waals surface area contributed by atoms with Gasteiger partial charge in [-0.15, -0.1) is 0 Å². The van der Waals surface area contributed by atoms with Crippen LogP contribution in [0.25, 0.3) is 0 Å². The summed E-state index contributed by atoms with van der Waals surface area (Å²) < 4.78 is 12.0. The molecule has 0 aromatic carbocycles. The van der Waals surface area contributed by atoms with Crippen LogP contribution in [0.1, 0.15) is 66.2 Å². The van der Waals surface area contributed by atoms with Crippen LogP contribution in [0.2, 0.25) is 0 Å². The molecule has 1 aliphatic carbocycles. The third kappa shape index (κ3) is 3.04. The monoisotopic (exact) mass is 306 g/mol. The normalized spacial score (nSPS) is 46.5. The Morgan fingerprint density at radius 3 is 2.64 bits per heavy atom. The van der Waals surface area contributed by atoms with E-state index in [9.17, 15) is 5.11 Å². The van der Waals surface area contributed by atoms with E-state index in [0.717, 1.165) is 38.5 Å². The van der Waals surface area contributed by atoms with Gasteiger partial charge in [0.15, 0.2) is 0 Å². The molecule has 3 rings (SSSR count). The van der Waals surface area contributed by atoms with Crippen LogP contribution in [-0.2, 0) is 9.47 Å². The van der Waals surface area contributed by atoms with Gasteiger partial charge in [-0.05, 0) is 66.2 Å². The first kappa shape index (κ1) is 16.2. The van der Waals surface area contributed by atoms with E-state index in [1.54, 1.807) is 0 Å². The summed E-state index contributed by atoms with van der Waals surface area (Å²) in [4.78, 5) is 0. The third-order valence-electron chi connectivity index (χ3n) is 5.71. The molecule has 2 aliphatic heterocycles. The van der Waals surface area contributed by atoms with Crippen molar-refractivity contribution in [2.75, 3.05) is 0 Å². The smallest absolute Gasteiger partial charge is 0.127 e. The van der Waals surface area contributed by atoms with Gasteiger partial charge < -0.3 is 14.6 Å². The van der Waals surface area contributed by atoms with E-state index < -0.39 is 11.2 Å². The molecule has 2 saturated heterocycles. The maximum absolute atomic E-state index is 10.6. The zero-order chi connectivity index (χ0) is 16.0. The standard InChI is InChI=1S/C19H30O3/c1-14-9-7-5-6-8-10-15-18(4,21-15)11-12-19(17(2,3)20)16(13-14)22-19/h5-6,13,15-16,20H,7-12H2,1-4H3/b6-5+,14-13+/t15-,16-,18-,19+/m0/s1. The van der Waals surface area contributed by atoms with E-state index in [-0.39, 0.29) is 11.7 Å². The summed E-state index contributed by atoms with van der Waals surface area (Å²) in [6.07, 6.45) is 13.3. The minimum atomic E-state index is -0.827. The van der Waals surface area contributed by atoms with Gasteiger partial charge in [0.1, 0.15) is 11.7 Å². The molecule has 3 heteroatoms. The fourth-order valence-corrected chi connectivity index (χ4v) is 3.81. The highest BCUT2D eigenvalue weighted by Gasteiger charge is 2.65. The molecule has 0 spiro atoms. The predicted molar refractivity (Wildman–Crippen MR) is 87.8 cm³/mol. The summed E-state index contributed by atoms with van der Waals surface area (Å²) in [5.41, 5.74) is 0.0651. The molecule has 4 atom stereocenters. The number of fused-ring (bicyclic) bond motifs is 2. The van der Waals surface area contributed by atoms with Gasteiger partial charge >= 0.3 is 0 Å². The number of aliphatic hydroxyl groups is 1. The average molecular weight is 306 g/mol. The van der Waals surface area contributed by atoms with Crippen LogP contribution >= 0.6 is 0 Å². The van der Waals surface area contributed by atoms with Gasteiger partial charge in [-0.25, -0.2) is 0 Å². The molecule has 3 aliphatic rings. The van der Waals surface area contributed by atoms with Crippen LogP contribution in [0, 0.1) is 0 Å². The van der Waals surface area contributed by atoms with Gasteiger partial charge in [0.2, 0.25) is 0 Å². The summed E-state index contributed by atoms with van der Waals surface area (Å²) in [5.74, 6) is 0. The minimum Gasteiger partial charge on any atom is -0.387 e. The molecule has 3 nitrogen and oxygen atoms in total. The summed E-state index contributed by atoms with van der Waals surface area (Å²) in [6.45, 7) is 8.10. The topological polar surface area (TPSA) is 45.3 Å². The Hall–Kier alpha value is -0.640. The first-order valence-electron chi connectivity index (χ1n) is 8.67. The number of rotatable bonds is 1. The van der Waals surface area contributed by atoms with Gasteiger partial charge in [0.25, 0.3) is 0 Å². The average Bonchev–Trinajstić information content (AvgIpc) is 3.27. The Labute approximate surface area is 134 Å². The van der Waals surface area contributed by atoms with Crippen LogP contribution in [0.5, 0.6) is 0 Å². The van der Waals surface area contributed by atoms with Crippen molar-refractivity contribution in [3.8, 4) is 0 Å². The Bertz CT molecular complexity index is 487. The van der Waals surface area contributed by atoms with Crippen molar-refractivity contribution < 1.29 is 14.6 Å². The number of epoxide rings is 2. The van der Waals surface area contributed by atoms with E-state index in [1.807, 2.05) is 13.8 Å². The number of ether oxygens (including phenoxy) is 2. The molecule has 22 heavy (non-hydrogen) atoms. The molecular weight excluding hydrogens is 276 g/mol. The number of hydrogen-bond acceptors (Lipinski definition) is 3. The third-order valence-corrected chi connectivity index (χ3v) is 5.71. The van der Waals surface area contributed by atoms with Crippen molar-refractivity contribution in [2.45, 2.75) is 95.2 Å². The van der Waals surface area contributed by atoms with Crippen LogP contribution in [0.15, 0.2) is 23.8 Å². The van der Waals surface area contributed by atoms with Gasteiger partial charge in [0, 0.05) is 0 Å². The van der Waals surface area contributed by atoms with E-state index in [4.69, 9.17) is 9.47 Å². The quantitative estimate of drug-likeness (QED) is 0.590. The van der Waals surface area contributed by atoms with Crippen LogP contribution in [0.3, 0.4) is 0 Å². The zero-order valence-corrected chi connectivity index (χ0v) is 14.4. The Kier molecular flexibility index (Phi) is 4.03. The summed E-state index contributed by atoms with van der Waals surface area (Å²) in [7, 11) is 0. The second-order valence-electron chi connectivity index (χ2n) is 8.01. The fourth-order valence-electron chi connectivity index (χ4n) is 3.81. The highest BCUT2D eigenvalue weighted by molar-refractivity contribution is 5.23. The SMILES string of the molecule is C/C1=C\[C@@H]2O[C@]2(C(C)(C)O)CC[C@]2(C)O[C@H]2CC/C=C/CC1. The van der Waals surface area contributed by atoms with Crippen LogP contribution in [0.4, 0.5) is 0 Å². The van der Waals surface area contributed by atoms with E-state index in [2.05, 4.69) is 32.1 Å². The molecule has 0 aromatic rings. The Balaban J connectivity index is 1.77. The fraction of sp³-hybridized carbons (Fsp3) is 0.789. The first-order valence-corrected chi connectivity index (χ1v) is 8.67. The summed E-state index contributed by atoms with van der Waals surface area (Å²) in [6, 6.07) is 0.